The Morgan fingerprint density at radius 2 is 1.52 bits per heavy atom. The summed E-state index contributed by atoms with van der Waals surface area (Å²) in [7, 11) is -3.80. The van der Waals surface area contributed by atoms with E-state index >= 15 is 0 Å². The number of carbonyl (C=O) groups excluding carboxylic acids is 1. The fraction of sp³-hybridized carbons (Fsp3) is 0.269. The van der Waals surface area contributed by atoms with Crippen LogP contribution in [0, 0.1) is 6.92 Å². The molecule has 0 bridgehead atoms. The van der Waals surface area contributed by atoms with Gasteiger partial charge in [0.25, 0.3) is 15.9 Å². The second-order valence-electron chi connectivity index (χ2n) is 8.89. The first-order valence-corrected chi connectivity index (χ1v) is 12.2. The average molecular weight is 467 g/mol. The summed E-state index contributed by atoms with van der Waals surface area (Å²) in [5.41, 5.74) is 2.02. The number of sulfonamides is 1. The Labute approximate surface area is 196 Å². The highest BCUT2D eigenvalue weighted by Crippen LogP contribution is 2.28. The van der Waals surface area contributed by atoms with Crippen LogP contribution in [0.25, 0.3) is 0 Å². The van der Waals surface area contributed by atoms with Gasteiger partial charge < -0.3 is 10.1 Å². The van der Waals surface area contributed by atoms with Crippen molar-refractivity contribution in [1.29, 1.82) is 0 Å². The number of rotatable bonds is 8. The highest BCUT2D eigenvalue weighted by Gasteiger charge is 2.25. The molecule has 0 unspecified atom stereocenters. The van der Waals surface area contributed by atoms with E-state index in [1.54, 1.807) is 48.5 Å². The summed E-state index contributed by atoms with van der Waals surface area (Å²) in [6.07, 6.45) is 0. The summed E-state index contributed by atoms with van der Waals surface area (Å²) in [6, 6.07) is 23.0. The van der Waals surface area contributed by atoms with Gasteiger partial charge in [-0.1, -0.05) is 48.0 Å². The monoisotopic (exact) mass is 466 g/mol. The van der Waals surface area contributed by atoms with E-state index in [1.807, 2.05) is 58.0 Å². The minimum atomic E-state index is -3.80. The third kappa shape index (κ3) is 6.83. The standard InChI is InChI=1S/C26H30N2O4S/c1-20-10-16-24(17-11-20)33(30,31)28(18-21-8-6-5-7-9-21)22-12-14-23(15-13-22)32-19-25(29)27-26(2,3)4/h5-17H,18-19H2,1-4H3,(H,27,29). The molecule has 0 saturated carbocycles. The molecule has 7 heteroatoms. The maximum Gasteiger partial charge on any atom is 0.264 e. The lowest BCUT2D eigenvalue weighted by Gasteiger charge is -2.25. The Morgan fingerprint density at radius 1 is 0.909 bits per heavy atom. The van der Waals surface area contributed by atoms with E-state index in [1.165, 1.54) is 4.31 Å². The topological polar surface area (TPSA) is 75.7 Å². The number of amides is 1. The van der Waals surface area contributed by atoms with Crippen molar-refractivity contribution in [2.45, 2.75) is 44.7 Å². The lowest BCUT2D eigenvalue weighted by atomic mass is 10.1. The van der Waals surface area contributed by atoms with Crippen LogP contribution in [-0.4, -0.2) is 26.5 Å². The Kier molecular flexibility index (Phi) is 7.43. The summed E-state index contributed by atoms with van der Waals surface area (Å²) >= 11 is 0. The van der Waals surface area contributed by atoms with Crippen LogP contribution in [0.2, 0.25) is 0 Å². The van der Waals surface area contributed by atoms with Crippen molar-refractivity contribution in [3.05, 3.63) is 90.0 Å². The summed E-state index contributed by atoms with van der Waals surface area (Å²) in [5, 5.41) is 2.84. The van der Waals surface area contributed by atoms with Crippen LogP contribution in [0.4, 0.5) is 5.69 Å². The molecular weight excluding hydrogens is 436 g/mol. The van der Waals surface area contributed by atoms with Crippen molar-refractivity contribution < 1.29 is 17.9 Å². The zero-order valence-electron chi connectivity index (χ0n) is 19.4. The van der Waals surface area contributed by atoms with Crippen molar-refractivity contribution >= 4 is 21.6 Å². The molecule has 0 atom stereocenters. The van der Waals surface area contributed by atoms with Gasteiger partial charge in [0, 0.05) is 5.54 Å². The molecule has 0 aliphatic heterocycles. The second kappa shape index (κ2) is 10.1. The maximum absolute atomic E-state index is 13.5. The first-order chi connectivity index (χ1) is 15.5. The number of ether oxygens (including phenoxy) is 1. The lowest BCUT2D eigenvalue weighted by molar-refractivity contribution is -0.124. The van der Waals surface area contributed by atoms with E-state index in [0.29, 0.717) is 11.4 Å². The minimum Gasteiger partial charge on any atom is -0.484 e. The summed E-state index contributed by atoms with van der Waals surface area (Å²) in [4.78, 5) is 12.2. The Hall–Kier alpha value is -3.32. The number of carbonyl (C=O) groups is 1. The van der Waals surface area contributed by atoms with Gasteiger partial charge in [-0.25, -0.2) is 8.42 Å². The van der Waals surface area contributed by atoms with Crippen molar-refractivity contribution in [2.75, 3.05) is 10.9 Å². The van der Waals surface area contributed by atoms with Crippen LogP contribution in [0.5, 0.6) is 5.75 Å². The Morgan fingerprint density at radius 3 is 2.09 bits per heavy atom. The van der Waals surface area contributed by atoms with Crippen molar-refractivity contribution in [3.8, 4) is 5.75 Å². The minimum absolute atomic E-state index is 0.119. The van der Waals surface area contributed by atoms with Crippen LogP contribution in [-0.2, 0) is 21.4 Å². The van der Waals surface area contributed by atoms with E-state index in [4.69, 9.17) is 4.74 Å². The number of hydrogen-bond acceptors (Lipinski definition) is 4. The predicted octanol–water partition coefficient (Wildman–Crippen LogP) is 4.68. The molecule has 3 rings (SSSR count). The Balaban J connectivity index is 1.85. The predicted molar refractivity (Wildman–Crippen MR) is 131 cm³/mol. The molecule has 0 saturated heterocycles. The molecule has 0 aliphatic rings. The fourth-order valence-corrected chi connectivity index (χ4v) is 4.67. The number of anilines is 1. The first-order valence-electron chi connectivity index (χ1n) is 10.7. The first kappa shape index (κ1) is 24.3. The number of nitrogens with zero attached hydrogens (tertiary/aromatic N) is 1. The zero-order chi connectivity index (χ0) is 24.1. The van der Waals surface area contributed by atoms with Gasteiger partial charge in [0.15, 0.2) is 6.61 Å². The molecule has 0 spiro atoms. The number of benzene rings is 3. The van der Waals surface area contributed by atoms with E-state index in [2.05, 4.69) is 5.32 Å². The highest BCUT2D eigenvalue weighted by atomic mass is 32.2. The van der Waals surface area contributed by atoms with E-state index in [-0.39, 0.29) is 29.5 Å². The van der Waals surface area contributed by atoms with Gasteiger partial charge in [-0.05, 0) is 69.7 Å². The van der Waals surface area contributed by atoms with Crippen LogP contribution < -0.4 is 14.4 Å². The van der Waals surface area contributed by atoms with E-state index in [9.17, 15) is 13.2 Å². The molecule has 6 nitrogen and oxygen atoms in total. The summed E-state index contributed by atoms with van der Waals surface area (Å²) in [6.45, 7) is 7.68. The molecule has 0 heterocycles. The van der Waals surface area contributed by atoms with Crippen LogP contribution in [0.15, 0.2) is 83.8 Å². The maximum atomic E-state index is 13.5. The quantitative estimate of drug-likeness (QED) is 0.523. The van der Waals surface area contributed by atoms with Gasteiger partial charge in [-0.2, -0.15) is 0 Å². The summed E-state index contributed by atoms with van der Waals surface area (Å²) in [5.74, 6) is 0.259. The molecule has 1 N–H and O–H groups in total. The molecule has 0 aliphatic carbocycles. The van der Waals surface area contributed by atoms with Crippen LogP contribution in [0.3, 0.4) is 0 Å². The number of aryl methyl sites for hydroxylation is 1. The zero-order valence-corrected chi connectivity index (χ0v) is 20.2. The van der Waals surface area contributed by atoms with Crippen LogP contribution >= 0.6 is 0 Å². The number of hydrogen-bond donors (Lipinski definition) is 1. The normalized spacial score (nSPS) is 11.6. The lowest BCUT2D eigenvalue weighted by Crippen LogP contribution is -2.43. The number of nitrogens with one attached hydrogen (secondary N) is 1. The third-order valence-electron chi connectivity index (χ3n) is 4.79. The van der Waals surface area contributed by atoms with Gasteiger partial charge in [-0.15, -0.1) is 0 Å². The fourth-order valence-electron chi connectivity index (χ4n) is 3.21. The highest BCUT2D eigenvalue weighted by molar-refractivity contribution is 7.92. The van der Waals surface area contributed by atoms with Crippen molar-refractivity contribution in [2.24, 2.45) is 0 Å². The van der Waals surface area contributed by atoms with Gasteiger partial charge >= 0.3 is 0 Å². The molecular formula is C26H30N2O4S. The van der Waals surface area contributed by atoms with E-state index < -0.39 is 10.0 Å². The van der Waals surface area contributed by atoms with Gasteiger partial charge in [0.05, 0.1) is 17.1 Å². The molecule has 3 aromatic rings. The smallest absolute Gasteiger partial charge is 0.264 e. The molecule has 174 valence electrons. The average Bonchev–Trinajstić information content (AvgIpc) is 2.76. The van der Waals surface area contributed by atoms with Crippen LogP contribution in [0.1, 0.15) is 31.9 Å². The SMILES string of the molecule is Cc1ccc(S(=O)(=O)N(Cc2ccccc2)c2ccc(OCC(=O)NC(C)(C)C)cc2)cc1. The third-order valence-corrected chi connectivity index (χ3v) is 6.58. The van der Waals surface area contributed by atoms with Crippen molar-refractivity contribution in [1.82, 2.24) is 5.32 Å². The molecule has 3 aromatic carbocycles. The Bertz CT molecular complexity index is 1170. The van der Waals surface area contributed by atoms with Gasteiger partial charge in [0.2, 0.25) is 0 Å². The summed E-state index contributed by atoms with van der Waals surface area (Å²) < 4.78 is 34.0. The molecule has 1 amide bonds. The van der Waals surface area contributed by atoms with Gasteiger partial charge in [0.1, 0.15) is 5.75 Å². The largest absolute Gasteiger partial charge is 0.484 e. The molecule has 33 heavy (non-hydrogen) atoms. The van der Waals surface area contributed by atoms with Gasteiger partial charge in [-0.3, -0.25) is 9.10 Å². The second-order valence-corrected chi connectivity index (χ2v) is 10.8. The molecule has 0 aromatic heterocycles. The molecule has 0 fully saturated rings. The van der Waals surface area contributed by atoms with Crippen molar-refractivity contribution in [3.63, 3.8) is 0 Å². The molecule has 0 radical (unpaired) electrons. The van der Waals surface area contributed by atoms with E-state index in [0.717, 1.165) is 11.1 Å².